The van der Waals surface area contributed by atoms with E-state index < -0.39 is 11.9 Å². The van der Waals surface area contributed by atoms with E-state index in [4.69, 9.17) is 26.5 Å². The van der Waals surface area contributed by atoms with Gasteiger partial charge in [0.15, 0.2) is 22.5 Å². The summed E-state index contributed by atoms with van der Waals surface area (Å²) in [7, 11) is 0. The van der Waals surface area contributed by atoms with Crippen LogP contribution in [0, 0.1) is 5.41 Å². The fraction of sp³-hybridized carbons (Fsp3) is 0.0952. The second-order valence-corrected chi connectivity index (χ2v) is 7.48. The third kappa shape index (κ3) is 4.23. The quantitative estimate of drug-likeness (QED) is 0.412. The van der Waals surface area contributed by atoms with Crippen molar-refractivity contribution in [3.05, 3.63) is 64.2 Å². The number of amides is 1. The molecular formula is C21H15ClN4O4S. The Kier molecular flexibility index (Phi) is 5.88. The van der Waals surface area contributed by atoms with Crippen molar-refractivity contribution < 1.29 is 19.1 Å². The van der Waals surface area contributed by atoms with E-state index in [9.17, 15) is 9.59 Å². The molecule has 2 aliphatic heterocycles. The molecule has 0 spiro atoms. The molecule has 0 saturated carbocycles. The predicted molar refractivity (Wildman–Crippen MR) is 120 cm³/mol. The molecule has 0 fully saturated rings. The number of thioether (sulfide) groups is 1. The number of nitrogens with one attached hydrogen (secondary N) is 1. The van der Waals surface area contributed by atoms with Gasteiger partial charge >= 0.3 is 5.97 Å². The zero-order valence-electron chi connectivity index (χ0n) is 16.2. The van der Waals surface area contributed by atoms with Gasteiger partial charge in [0.1, 0.15) is 0 Å². The normalized spacial score (nSPS) is 16.4. The van der Waals surface area contributed by atoms with Gasteiger partial charge in [-0.25, -0.2) is 4.79 Å². The Hall–Kier alpha value is -3.43. The Labute approximate surface area is 186 Å². The highest BCUT2D eigenvalue weighted by Crippen LogP contribution is 2.32. The van der Waals surface area contributed by atoms with Gasteiger partial charge in [-0.2, -0.15) is 15.1 Å². The van der Waals surface area contributed by atoms with Crippen LogP contribution < -0.4 is 9.47 Å². The first-order chi connectivity index (χ1) is 15.0. The summed E-state index contributed by atoms with van der Waals surface area (Å²) in [4.78, 5) is 28.8. The Balaban J connectivity index is 1.63. The van der Waals surface area contributed by atoms with Crippen LogP contribution in [0.5, 0.6) is 11.5 Å². The molecule has 2 aliphatic rings. The number of esters is 1. The number of nitrogens with zero attached hydrogens (tertiary/aromatic N) is 3. The number of fused-ring (bicyclic) bond motifs is 1. The van der Waals surface area contributed by atoms with Gasteiger partial charge < -0.3 is 9.47 Å². The minimum Gasteiger partial charge on any atom is -0.490 e. The maximum atomic E-state index is 12.5. The first-order valence-corrected chi connectivity index (χ1v) is 10.4. The highest BCUT2D eigenvalue weighted by Gasteiger charge is 2.32. The second-order valence-electron chi connectivity index (χ2n) is 6.27. The fourth-order valence-corrected chi connectivity index (χ4v) is 3.67. The lowest BCUT2D eigenvalue weighted by Crippen LogP contribution is -2.35. The maximum absolute atomic E-state index is 12.5. The molecule has 1 amide bonds. The Morgan fingerprint density at radius 2 is 2.06 bits per heavy atom. The number of amidine groups is 2. The minimum atomic E-state index is -0.617. The van der Waals surface area contributed by atoms with Gasteiger partial charge in [-0.15, -0.1) is 0 Å². The first kappa shape index (κ1) is 20.8. The van der Waals surface area contributed by atoms with Crippen molar-refractivity contribution in [1.29, 1.82) is 5.41 Å². The number of aliphatic imine (C=N–C) groups is 1. The van der Waals surface area contributed by atoms with Crippen LogP contribution in [0.3, 0.4) is 0 Å². The third-order valence-electron chi connectivity index (χ3n) is 4.27. The molecule has 0 radical (unpaired) electrons. The molecule has 0 saturated heterocycles. The van der Waals surface area contributed by atoms with E-state index in [2.05, 4.69) is 10.1 Å². The summed E-state index contributed by atoms with van der Waals surface area (Å²) in [6, 6.07) is 11.4. The van der Waals surface area contributed by atoms with E-state index in [0.29, 0.717) is 23.1 Å². The van der Waals surface area contributed by atoms with E-state index in [1.54, 1.807) is 49.4 Å². The smallest absolute Gasteiger partial charge is 0.345 e. The van der Waals surface area contributed by atoms with Crippen molar-refractivity contribution in [1.82, 2.24) is 5.01 Å². The Morgan fingerprint density at radius 1 is 1.26 bits per heavy atom. The number of carbonyl (C=O) groups is 2. The standard InChI is InChI=1S/C21H15ClN4O4S/c1-2-29-17-10-12(9-14-18(23)26-21(25-19(14)27)31-11-24-26)7-8-16(17)30-20(28)13-5-3-4-6-15(13)22/h3-11,23H,2H2,1H3/b14-9+,23-18?. The molecule has 0 unspecified atom stereocenters. The van der Waals surface area contributed by atoms with Crippen molar-refractivity contribution in [2.24, 2.45) is 10.1 Å². The number of hydrazone groups is 1. The van der Waals surface area contributed by atoms with Crippen LogP contribution in [0.4, 0.5) is 0 Å². The summed E-state index contributed by atoms with van der Waals surface area (Å²) in [6.07, 6.45) is 1.52. The van der Waals surface area contributed by atoms with E-state index in [1.807, 2.05) is 0 Å². The number of carbonyl (C=O) groups excluding carboxylic acids is 2. The summed E-state index contributed by atoms with van der Waals surface area (Å²) in [6.45, 7) is 2.13. The predicted octanol–water partition coefficient (Wildman–Crippen LogP) is 4.21. The summed E-state index contributed by atoms with van der Waals surface area (Å²) in [5.74, 6) is -0.691. The van der Waals surface area contributed by atoms with Crippen LogP contribution in [0.2, 0.25) is 5.02 Å². The molecule has 2 heterocycles. The molecule has 10 heteroatoms. The number of halogens is 1. The Morgan fingerprint density at radius 3 is 2.84 bits per heavy atom. The summed E-state index contributed by atoms with van der Waals surface area (Å²) < 4.78 is 11.1. The van der Waals surface area contributed by atoms with Gasteiger partial charge in [-0.05, 0) is 54.6 Å². The van der Waals surface area contributed by atoms with Crippen LogP contribution in [0.1, 0.15) is 22.8 Å². The van der Waals surface area contributed by atoms with Gasteiger partial charge in [-0.3, -0.25) is 10.2 Å². The summed E-state index contributed by atoms with van der Waals surface area (Å²) in [5.41, 5.74) is 2.41. The third-order valence-corrected chi connectivity index (χ3v) is 5.28. The average Bonchev–Trinajstić information content (AvgIpc) is 3.22. The molecule has 0 aliphatic carbocycles. The minimum absolute atomic E-state index is 0.0663. The molecule has 4 rings (SSSR count). The summed E-state index contributed by atoms with van der Waals surface area (Å²) in [5, 5.41) is 14.2. The molecule has 156 valence electrons. The van der Waals surface area contributed by atoms with Gasteiger partial charge in [0.2, 0.25) is 0 Å². The molecule has 8 nitrogen and oxygen atoms in total. The van der Waals surface area contributed by atoms with Crippen LogP contribution in [-0.4, -0.2) is 40.0 Å². The number of hydrogen-bond acceptors (Lipinski definition) is 7. The van der Waals surface area contributed by atoms with Crippen LogP contribution in [-0.2, 0) is 4.79 Å². The molecular weight excluding hydrogens is 440 g/mol. The summed E-state index contributed by atoms with van der Waals surface area (Å²) >= 11 is 7.24. The highest BCUT2D eigenvalue weighted by atomic mass is 35.5. The van der Waals surface area contributed by atoms with E-state index in [-0.39, 0.29) is 27.7 Å². The highest BCUT2D eigenvalue weighted by molar-refractivity contribution is 8.25. The molecule has 0 aromatic heterocycles. The lowest BCUT2D eigenvalue weighted by Gasteiger charge is -2.20. The SMILES string of the molecule is CCOc1cc(/C=C2\C(=N)N3N=CSC3=NC2=O)ccc1OC(=O)c1ccccc1Cl. The molecule has 2 aromatic rings. The van der Waals surface area contributed by atoms with Crippen molar-refractivity contribution in [2.75, 3.05) is 6.61 Å². The van der Waals surface area contributed by atoms with Crippen LogP contribution in [0.25, 0.3) is 6.08 Å². The fourth-order valence-electron chi connectivity index (χ4n) is 2.85. The largest absolute Gasteiger partial charge is 0.490 e. The number of hydrogen-bond donors (Lipinski definition) is 1. The van der Waals surface area contributed by atoms with E-state index in [1.165, 1.54) is 28.4 Å². The van der Waals surface area contributed by atoms with Gasteiger partial charge in [0.05, 0.1) is 28.3 Å². The van der Waals surface area contributed by atoms with Crippen molar-refractivity contribution >= 4 is 57.9 Å². The zero-order valence-corrected chi connectivity index (χ0v) is 17.7. The molecule has 0 atom stereocenters. The van der Waals surface area contributed by atoms with Crippen LogP contribution >= 0.6 is 23.4 Å². The number of rotatable bonds is 5. The zero-order chi connectivity index (χ0) is 22.0. The monoisotopic (exact) mass is 454 g/mol. The van der Waals surface area contributed by atoms with E-state index >= 15 is 0 Å². The number of ether oxygens (including phenoxy) is 2. The number of benzene rings is 2. The van der Waals surface area contributed by atoms with Gasteiger partial charge in [0, 0.05) is 0 Å². The lowest BCUT2D eigenvalue weighted by molar-refractivity contribution is -0.114. The topological polar surface area (TPSA) is 104 Å². The van der Waals surface area contributed by atoms with Gasteiger partial charge in [0.25, 0.3) is 5.91 Å². The van der Waals surface area contributed by atoms with Crippen molar-refractivity contribution in [2.45, 2.75) is 6.92 Å². The molecule has 1 N–H and O–H groups in total. The van der Waals surface area contributed by atoms with Crippen LogP contribution in [0.15, 0.2) is 58.1 Å². The average molecular weight is 455 g/mol. The lowest BCUT2D eigenvalue weighted by atomic mass is 10.1. The first-order valence-electron chi connectivity index (χ1n) is 9.14. The maximum Gasteiger partial charge on any atom is 0.345 e. The van der Waals surface area contributed by atoms with Crippen molar-refractivity contribution in [3.63, 3.8) is 0 Å². The molecule has 0 bridgehead atoms. The van der Waals surface area contributed by atoms with Crippen molar-refractivity contribution in [3.8, 4) is 11.5 Å². The molecule has 2 aromatic carbocycles. The van der Waals surface area contributed by atoms with E-state index in [0.717, 1.165) is 0 Å². The van der Waals surface area contributed by atoms with Gasteiger partial charge in [-0.1, -0.05) is 29.8 Å². The second kappa shape index (κ2) is 8.75. The molecule has 31 heavy (non-hydrogen) atoms. The Bertz CT molecular complexity index is 1190.